The zero-order chi connectivity index (χ0) is 5.98. The van der Waals surface area contributed by atoms with Gasteiger partial charge in [-0.25, -0.2) is 0 Å². The van der Waals surface area contributed by atoms with E-state index in [2.05, 4.69) is 8.86 Å². The molecule has 3 heteroatoms. The van der Waals surface area contributed by atoms with Crippen LogP contribution >= 0.6 is 8.86 Å². The molecule has 1 aromatic rings. The van der Waals surface area contributed by atoms with E-state index in [0.29, 0.717) is 5.07 Å². The Bertz CT molecular complexity index is 230. The first kappa shape index (κ1) is 5.39. The van der Waals surface area contributed by atoms with Crippen LogP contribution in [-0.2, 0) is 0 Å². The molecule has 0 unspecified atom stereocenters. The topological polar surface area (TPSA) is 25.2 Å². The van der Waals surface area contributed by atoms with Gasteiger partial charge in [-0.1, -0.05) is 14.9 Å². The second kappa shape index (κ2) is 2.01. The average molecular weight is 127 g/mol. The maximum absolute atomic E-state index is 8.79. The largest absolute Gasteiger partial charge is 0.428 e. The van der Waals surface area contributed by atoms with E-state index < -0.39 is 0 Å². The van der Waals surface area contributed by atoms with E-state index in [-0.39, 0.29) is 0 Å². The molecule has 8 heavy (non-hydrogen) atoms. The first-order valence-electron chi connectivity index (χ1n) is 2.22. The van der Waals surface area contributed by atoms with Gasteiger partial charge < -0.3 is 5.21 Å². The predicted octanol–water partition coefficient (Wildman–Crippen LogP) is 1.40. The Morgan fingerprint density at radius 1 is 1.50 bits per heavy atom. The van der Waals surface area contributed by atoms with Crippen molar-refractivity contribution in [1.82, 2.24) is 4.73 Å². The van der Waals surface area contributed by atoms with E-state index in [1.54, 1.807) is 18.3 Å². The second-order valence-corrected chi connectivity index (χ2v) is 1.94. The van der Waals surface area contributed by atoms with E-state index in [9.17, 15) is 0 Å². The fraction of sp³-hybridized carbons (Fsp3) is 0. The zero-order valence-electron chi connectivity index (χ0n) is 4.20. The molecule has 0 aliphatic carbocycles. The highest BCUT2D eigenvalue weighted by Gasteiger charge is 1.76. The Labute approximate surface area is 49.2 Å². The summed E-state index contributed by atoms with van der Waals surface area (Å²) in [5, 5.41) is 9.43. The minimum absolute atomic E-state index is 0.646. The molecular formula is C5H6NOP. The lowest BCUT2D eigenvalue weighted by Crippen LogP contribution is -1.88. The lowest BCUT2D eigenvalue weighted by atomic mass is 10.5. The molecule has 1 heterocycles. The van der Waals surface area contributed by atoms with Crippen LogP contribution in [0.1, 0.15) is 0 Å². The van der Waals surface area contributed by atoms with Gasteiger partial charge in [0.1, 0.15) is 0 Å². The van der Waals surface area contributed by atoms with E-state index in [1.807, 2.05) is 6.07 Å². The molecule has 0 radical (unpaired) electrons. The Balaban J connectivity index is 3.35. The van der Waals surface area contributed by atoms with Gasteiger partial charge in [-0.05, 0) is 12.1 Å². The number of hydrogen-bond donors (Lipinski definition) is 1. The third kappa shape index (κ3) is 0.903. The van der Waals surface area contributed by atoms with Crippen molar-refractivity contribution in [3.05, 3.63) is 29.5 Å². The molecule has 1 N–H and O–H groups in total. The van der Waals surface area contributed by atoms with Crippen LogP contribution in [0, 0.1) is 5.07 Å². The van der Waals surface area contributed by atoms with Crippen molar-refractivity contribution in [3.63, 3.8) is 0 Å². The Morgan fingerprint density at radius 2 is 2.25 bits per heavy atom. The average Bonchev–Trinajstić information content (AvgIpc) is 1.77. The van der Waals surface area contributed by atoms with Crippen molar-refractivity contribution in [3.8, 4) is 0 Å². The minimum Gasteiger partial charge on any atom is -0.428 e. The molecule has 1 aromatic heterocycles. The summed E-state index contributed by atoms with van der Waals surface area (Å²) in [7, 11) is 3.16. The highest BCUT2D eigenvalue weighted by Crippen LogP contribution is 1.88. The Hall–Kier alpha value is -0.750. The zero-order valence-corrected chi connectivity index (χ0v) is 5.20. The number of pyridine rings is 1. The smallest absolute Gasteiger partial charge is 0.0983 e. The summed E-state index contributed by atoms with van der Waals surface area (Å²) in [6.45, 7) is 0. The fourth-order valence-corrected chi connectivity index (χ4v) is 0.605. The summed E-state index contributed by atoms with van der Waals surface area (Å²) in [4.78, 5) is 0. The molecular weight excluding hydrogens is 121 g/mol. The van der Waals surface area contributed by atoms with Crippen LogP contribution in [0.5, 0.6) is 0 Å². The van der Waals surface area contributed by atoms with E-state index in [4.69, 9.17) is 5.21 Å². The SMILES string of the molecule is On1ccccc1=P. The monoisotopic (exact) mass is 127 g/mol. The van der Waals surface area contributed by atoms with Crippen LogP contribution < -0.4 is 0 Å². The van der Waals surface area contributed by atoms with Gasteiger partial charge in [0.2, 0.25) is 0 Å². The van der Waals surface area contributed by atoms with Gasteiger partial charge >= 0.3 is 0 Å². The highest BCUT2D eigenvalue weighted by atomic mass is 31.0. The molecule has 0 bridgehead atoms. The van der Waals surface area contributed by atoms with Crippen molar-refractivity contribution < 1.29 is 5.21 Å². The van der Waals surface area contributed by atoms with Crippen molar-refractivity contribution in [2.45, 2.75) is 0 Å². The van der Waals surface area contributed by atoms with Crippen LogP contribution in [0.2, 0.25) is 0 Å². The molecule has 0 amide bonds. The summed E-state index contributed by atoms with van der Waals surface area (Å²) in [5.74, 6) is 0. The molecule has 0 saturated carbocycles. The summed E-state index contributed by atoms with van der Waals surface area (Å²) in [6, 6.07) is 5.32. The minimum atomic E-state index is 0.646. The van der Waals surface area contributed by atoms with Crippen molar-refractivity contribution in [2.24, 2.45) is 0 Å². The van der Waals surface area contributed by atoms with E-state index >= 15 is 0 Å². The molecule has 0 atom stereocenters. The van der Waals surface area contributed by atoms with Gasteiger partial charge in [-0.2, -0.15) is 4.73 Å². The molecule has 0 spiro atoms. The van der Waals surface area contributed by atoms with Gasteiger partial charge in [0.15, 0.2) is 0 Å². The standard InChI is InChI=1S/C5H6NOP/c7-6-4-2-1-3-5(6)8/h1-4,7-8H. The molecule has 0 fully saturated rings. The maximum Gasteiger partial charge on any atom is 0.0983 e. The molecule has 2 nitrogen and oxygen atoms in total. The van der Waals surface area contributed by atoms with Crippen LogP contribution in [0.25, 0.3) is 0 Å². The Kier molecular flexibility index (Phi) is 1.36. The predicted molar refractivity (Wildman–Crippen MR) is 33.2 cm³/mol. The van der Waals surface area contributed by atoms with Crippen LogP contribution in [0.3, 0.4) is 0 Å². The lowest BCUT2D eigenvalue weighted by molar-refractivity contribution is 0.180. The Morgan fingerprint density at radius 3 is 2.62 bits per heavy atom. The van der Waals surface area contributed by atoms with Crippen LogP contribution in [-0.4, -0.2) is 9.94 Å². The van der Waals surface area contributed by atoms with Crippen LogP contribution in [0.4, 0.5) is 0 Å². The second-order valence-electron chi connectivity index (χ2n) is 1.43. The van der Waals surface area contributed by atoms with Gasteiger partial charge in [0, 0.05) is 6.20 Å². The summed E-state index contributed by atoms with van der Waals surface area (Å²) in [6.07, 6.45) is 1.54. The lowest BCUT2D eigenvalue weighted by Gasteiger charge is -1.91. The van der Waals surface area contributed by atoms with E-state index in [1.165, 1.54) is 0 Å². The van der Waals surface area contributed by atoms with Gasteiger partial charge in [0.05, 0.1) is 5.07 Å². The van der Waals surface area contributed by atoms with Gasteiger partial charge in [-0.15, -0.1) is 0 Å². The van der Waals surface area contributed by atoms with E-state index in [0.717, 1.165) is 4.73 Å². The number of nitrogens with zero attached hydrogens (tertiary/aromatic N) is 1. The highest BCUT2D eigenvalue weighted by molar-refractivity contribution is 7.06. The molecule has 0 saturated heterocycles. The summed E-state index contributed by atoms with van der Waals surface area (Å²) >= 11 is 0. The number of aromatic nitrogens is 1. The van der Waals surface area contributed by atoms with Crippen molar-refractivity contribution >= 4 is 8.86 Å². The number of hydrogen-bond acceptors (Lipinski definition) is 1. The van der Waals surface area contributed by atoms with Gasteiger partial charge in [-0.3, -0.25) is 0 Å². The third-order valence-electron chi connectivity index (χ3n) is 0.839. The first-order valence-corrected chi connectivity index (χ1v) is 2.72. The summed E-state index contributed by atoms with van der Waals surface area (Å²) in [5.41, 5.74) is 0. The molecule has 1 rings (SSSR count). The van der Waals surface area contributed by atoms with Crippen molar-refractivity contribution in [1.29, 1.82) is 0 Å². The molecule has 0 aromatic carbocycles. The molecule has 0 aliphatic rings. The molecule has 42 valence electrons. The third-order valence-corrected chi connectivity index (χ3v) is 1.24. The number of rotatable bonds is 0. The van der Waals surface area contributed by atoms with Crippen molar-refractivity contribution in [2.75, 3.05) is 0 Å². The van der Waals surface area contributed by atoms with Gasteiger partial charge in [0.25, 0.3) is 0 Å². The maximum atomic E-state index is 8.79. The fourth-order valence-electron chi connectivity index (χ4n) is 0.435. The first-order chi connectivity index (χ1) is 3.80. The quantitative estimate of drug-likeness (QED) is 0.413. The summed E-state index contributed by atoms with van der Waals surface area (Å²) < 4.78 is 0.997. The normalized spacial score (nSPS) is 9.00. The molecule has 0 aliphatic heterocycles. The van der Waals surface area contributed by atoms with Crippen LogP contribution in [0.15, 0.2) is 24.4 Å².